The van der Waals surface area contributed by atoms with Gasteiger partial charge in [0.1, 0.15) is 11.6 Å². The van der Waals surface area contributed by atoms with Gasteiger partial charge >= 0.3 is 6.18 Å². The fourth-order valence-corrected chi connectivity index (χ4v) is 3.08. The maximum absolute atomic E-state index is 13.0. The summed E-state index contributed by atoms with van der Waals surface area (Å²) in [7, 11) is 0. The van der Waals surface area contributed by atoms with Gasteiger partial charge in [0.05, 0.1) is 16.5 Å². The Labute approximate surface area is 163 Å². The fraction of sp³-hybridized carbons (Fsp3) is 0.0500. The smallest absolute Gasteiger partial charge is 0.324 e. The summed E-state index contributed by atoms with van der Waals surface area (Å²) in [5, 5.41) is 3.48. The molecule has 0 saturated carbocycles. The van der Waals surface area contributed by atoms with Crippen LogP contribution in [0.1, 0.15) is 5.56 Å². The van der Waals surface area contributed by atoms with Crippen LogP contribution in [-0.2, 0) is 6.18 Å². The number of alkyl halides is 3. The van der Waals surface area contributed by atoms with Crippen LogP contribution in [0, 0.1) is 0 Å². The molecule has 1 N–H and O–H groups in total. The third kappa shape index (κ3) is 3.61. The SMILES string of the molecule is FC(F)(F)c1ccnc(Nc2nc(Cl)nc3cccc(-c4ccccc4)c23)c1. The Kier molecular flexibility index (Phi) is 4.60. The molecule has 8 heteroatoms. The van der Waals surface area contributed by atoms with Crippen LogP contribution in [0.15, 0.2) is 66.9 Å². The van der Waals surface area contributed by atoms with Crippen LogP contribution in [-0.4, -0.2) is 15.0 Å². The van der Waals surface area contributed by atoms with Crippen LogP contribution in [0.3, 0.4) is 0 Å². The number of aromatic nitrogens is 3. The molecule has 4 aromatic rings. The predicted molar refractivity (Wildman–Crippen MR) is 103 cm³/mol. The van der Waals surface area contributed by atoms with E-state index in [1.807, 2.05) is 42.5 Å². The van der Waals surface area contributed by atoms with Gasteiger partial charge in [-0.05, 0) is 40.9 Å². The van der Waals surface area contributed by atoms with Gasteiger partial charge in [-0.15, -0.1) is 0 Å². The number of halogens is 4. The van der Waals surface area contributed by atoms with E-state index in [0.29, 0.717) is 10.9 Å². The minimum Gasteiger partial charge on any atom is -0.324 e. The van der Waals surface area contributed by atoms with Crippen molar-refractivity contribution in [2.45, 2.75) is 6.18 Å². The fourth-order valence-electron chi connectivity index (χ4n) is 2.90. The van der Waals surface area contributed by atoms with Crippen molar-refractivity contribution >= 4 is 34.1 Å². The number of anilines is 2. The van der Waals surface area contributed by atoms with Gasteiger partial charge in [0, 0.05) is 6.20 Å². The van der Waals surface area contributed by atoms with Crippen molar-refractivity contribution in [3.63, 3.8) is 0 Å². The second kappa shape index (κ2) is 7.09. The average Bonchev–Trinajstić information content (AvgIpc) is 2.67. The van der Waals surface area contributed by atoms with Gasteiger partial charge in [-0.25, -0.2) is 9.97 Å². The molecule has 0 radical (unpaired) electrons. The molecule has 0 aliphatic carbocycles. The van der Waals surface area contributed by atoms with Crippen molar-refractivity contribution in [2.75, 3.05) is 5.32 Å². The summed E-state index contributed by atoms with van der Waals surface area (Å²) in [6, 6.07) is 16.9. The number of hydrogen-bond acceptors (Lipinski definition) is 4. The Morgan fingerprint density at radius 2 is 1.68 bits per heavy atom. The van der Waals surface area contributed by atoms with Crippen LogP contribution in [0.5, 0.6) is 0 Å². The molecule has 140 valence electrons. The quantitative estimate of drug-likeness (QED) is 0.422. The molecule has 4 nitrogen and oxygen atoms in total. The number of nitrogens with zero attached hydrogens (tertiary/aromatic N) is 3. The topological polar surface area (TPSA) is 50.7 Å². The summed E-state index contributed by atoms with van der Waals surface area (Å²) >= 11 is 6.03. The molecule has 28 heavy (non-hydrogen) atoms. The monoisotopic (exact) mass is 400 g/mol. The molecule has 0 amide bonds. The molecule has 0 aliphatic rings. The zero-order valence-corrected chi connectivity index (χ0v) is 15.0. The van der Waals surface area contributed by atoms with Gasteiger partial charge in [0.2, 0.25) is 5.28 Å². The second-order valence-electron chi connectivity index (χ2n) is 5.96. The van der Waals surface area contributed by atoms with Gasteiger partial charge in [-0.1, -0.05) is 42.5 Å². The predicted octanol–water partition coefficient (Wildman–Crippen LogP) is 6.11. The molecular formula is C20H12ClF3N4. The minimum atomic E-state index is -4.47. The standard InChI is InChI=1S/C20H12ClF3N4/c21-19-26-15-8-4-7-14(12-5-2-1-3-6-12)17(15)18(28-19)27-16-11-13(9-10-25-16)20(22,23)24/h1-11H,(H,25,26,27,28). The normalized spacial score (nSPS) is 11.6. The van der Waals surface area contributed by atoms with Crippen molar-refractivity contribution in [3.8, 4) is 11.1 Å². The Morgan fingerprint density at radius 1 is 0.893 bits per heavy atom. The number of pyridine rings is 1. The lowest BCUT2D eigenvalue weighted by molar-refractivity contribution is -0.137. The Morgan fingerprint density at radius 3 is 2.43 bits per heavy atom. The van der Waals surface area contributed by atoms with Crippen molar-refractivity contribution in [1.29, 1.82) is 0 Å². The molecule has 0 spiro atoms. The van der Waals surface area contributed by atoms with Crippen LogP contribution in [0.4, 0.5) is 24.8 Å². The van der Waals surface area contributed by atoms with Gasteiger partial charge in [-0.3, -0.25) is 0 Å². The number of rotatable bonds is 3. The van der Waals surface area contributed by atoms with E-state index in [0.717, 1.165) is 29.5 Å². The molecule has 0 fully saturated rings. The van der Waals surface area contributed by atoms with E-state index in [4.69, 9.17) is 11.6 Å². The van der Waals surface area contributed by atoms with Gasteiger partial charge in [-0.2, -0.15) is 18.2 Å². The zero-order chi connectivity index (χ0) is 19.7. The Hall–Kier alpha value is -3.19. The summed E-state index contributed by atoms with van der Waals surface area (Å²) in [6.45, 7) is 0. The largest absolute Gasteiger partial charge is 0.416 e. The molecule has 0 saturated heterocycles. The highest BCUT2D eigenvalue weighted by Crippen LogP contribution is 2.35. The molecule has 0 aliphatic heterocycles. The Bertz CT molecular complexity index is 1150. The van der Waals surface area contributed by atoms with E-state index < -0.39 is 11.7 Å². The molecule has 4 rings (SSSR count). The number of fused-ring (bicyclic) bond motifs is 1. The van der Waals surface area contributed by atoms with Crippen molar-refractivity contribution in [3.05, 3.63) is 77.7 Å². The molecule has 0 bridgehead atoms. The lowest BCUT2D eigenvalue weighted by Crippen LogP contribution is -2.07. The minimum absolute atomic E-state index is 0.00811. The third-order valence-corrected chi connectivity index (χ3v) is 4.28. The van der Waals surface area contributed by atoms with E-state index in [9.17, 15) is 13.2 Å². The second-order valence-corrected chi connectivity index (χ2v) is 6.30. The first-order valence-corrected chi connectivity index (χ1v) is 8.61. The van der Waals surface area contributed by atoms with Gasteiger partial charge < -0.3 is 5.32 Å². The van der Waals surface area contributed by atoms with Crippen molar-refractivity contribution in [1.82, 2.24) is 15.0 Å². The van der Waals surface area contributed by atoms with Gasteiger partial charge in [0.25, 0.3) is 0 Å². The summed E-state index contributed by atoms with van der Waals surface area (Å²) in [6.07, 6.45) is -3.38. The van der Waals surface area contributed by atoms with Crippen LogP contribution in [0.2, 0.25) is 5.28 Å². The van der Waals surface area contributed by atoms with E-state index in [1.54, 1.807) is 6.07 Å². The molecular weight excluding hydrogens is 389 g/mol. The van der Waals surface area contributed by atoms with Crippen molar-refractivity contribution in [2.24, 2.45) is 0 Å². The first kappa shape index (κ1) is 18.2. The summed E-state index contributed by atoms with van der Waals surface area (Å²) < 4.78 is 39.0. The summed E-state index contributed by atoms with van der Waals surface area (Å²) in [5.41, 5.74) is 1.50. The van der Waals surface area contributed by atoms with E-state index in [1.165, 1.54) is 0 Å². The maximum atomic E-state index is 13.0. The van der Waals surface area contributed by atoms with E-state index in [-0.39, 0.29) is 16.9 Å². The summed E-state index contributed by atoms with van der Waals surface area (Å²) in [4.78, 5) is 12.4. The maximum Gasteiger partial charge on any atom is 0.416 e. The third-order valence-electron chi connectivity index (χ3n) is 4.11. The highest BCUT2D eigenvalue weighted by atomic mass is 35.5. The van der Waals surface area contributed by atoms with Crippen molar-refractivity contribution < 1.29 is 13.2 Å². The number of nitrogens with one attached hydrogen (secondary N) is 1. The molecule has 2 heterocycles. The lowest BCUT2D eigenvalue weighted by atomic mass is 10.0. The number of hydrogen-bond donors (Lipinski definition) is 1. The Balaban J connectivity index is 1.88. The molecule has 0 unspecified atom stereocenters. The first-order valence-electron chi connectivity index (χ1n) is 8.24. The summed E-state index contributed by atoms with van der Waals surface area (Å²) in [5.74, 6) is 0.287. The zero-order valence-electron chi connectivity index (χ0n) is 14.2. The average molecular weight is 401 g/mol. The lowest BCUT2D eigenvalue weighted by Gasteiger charge is -2.13. The molecule has 2 aromatic carbocycles. The van der Waals surface area contributed by atoms with Crippen LogP contribution in [0.25, 0.3) is 22.0 Å². The van der Waals surface area contributed by atoms with Crippen LogP contribution >= 0.6 is 11.6 Å². The van der Waals surface area contributed by atoms with E-state index >= 15 is 0 Å². The highest BCUT2D eigenvalue weighted by molar-refractivity contribution is 6.29. The molecule has 2 aromatic heterocycles. The first-order chi connectivity index (χ1) is 13.4. The molecule has 0 atom stereocenters. The number of benzene rings is 2. The van der Waals surface area contributed by atoms with Gasteiger partial charge in [0.15, 0.2) is 0 Å². The highest BCUT2D eigenvalue weighted by Gasteiger charge is 2.30. The van der Waals surface area contributed by atoms with E-state index in [2.05, 4.69) is 20.3 Å². The van der Waals surface area contributed by atoms with Crippen LogP contribution < -0.4 is 5.32 Å².